The number of nitrogens with zero attached hydrogens (tertiary/aromatic N) is 3. The molecule has 0 bridgehead atoms. The lowest BCUT2D eigenvalue weighted by Gasteiger charge is -2.15. The van der Waals surface area contributed by atoms with Gasteiger partial charge >= 0.3 is 5.97 Å². The number of hydrogen-bond acceptors (Lipinski definition) is 6. The first-order valence-corrected chi connectivity index (χ1v) is 3.99. The van der Waals surface area contributed by atoms with Crippen LogP contribution in [0.1, 0.15) is 0 Å². The van der Waals surface area contributed by atoms with Gasteiger partial charge in [0.2, 0.25) is 0 Å². The molecule has 0 spiro atoms. The SMILES string of the molecule is COC(=O)CN(C)c1cc(N)ncn1. The molecule has 0 aliphatic heterocycles. The smallest absolute Gasteiger partial charge is 0.325 e. The molecule has 14 heavy (non-hydrogen) atoms. The van der Waals surface area contributed by atoms with Crippen LogP contribution in [-0.2, 0) is 9.53 Å². The van der Waals surface area contributed by atoms with E-state index in [1.165, 1.54) is 13.4 Å². The van der Waals surface area contributed by atoms with Crippen molar-refractivity contribution >= 4 is 17.6 Å². The lowest BCUT2D eigenvalue weighted by Crippen LogP contribution is -2.27. The first-order chi connectivity index (χ1) is 6.63. The molecule has 0 amide bonds. The van der Waals surface area contributed by atoms with Crippen LogP contribution in [0.2, 0.25) is 0 Å². The van der Waals surface area contributed by atoms with Crippen molar-refractivity contribution < 1.29 is 9.53 Å². The predicted molar refractivity (Wildman–Crippen MR) is 51.7 cm³/mol. The molecule has 6 nitrogen and oxygen atoms in total. The van der Waals surface area contributed by atoms with E-state index >= 15 is 0 Å². The van der Waals surface area contributed by atoms with E-state index in [9.17, 15) is 4.79 Å². The summed E-state index contributed by atoms with van der Waals surface area (Å²) in [7, 11) is 3.06. The summed E-state index contributed by atoms with van der Waals surface area (Å²) < 4.78 is 4.52. The molecule has 0 aliphatic carbocycles. The van der Waals surface area contributed by atoms with Crippen LogP contribution in [0.15, 0.2) is 12.4 Å². The van der Waals surface area contributed by atoms with Gasteiger partial charge in [0.05, 0.1) is 7.11 Å². The Bertz CT molecular complexity index is 329. The maximum Gasteiger partial charge on any atom is 0.325 e. The Balaban J connectivity index is 2.69. The van der Waals surface area contributed by atoms with Crippen LogP contribution in [0, 0.1) is 0 Å². The van der Waals surface area contributed by atoms with Crippen molar-refractivity contribution in [2.24, 2.45) is 0 Å². The molecule has 1 rings (SSSR count). The standard InChI is InChI=1S/C8H12N4O2/c1-12(4-8(13)14-2)7-3-6(9)10-5-11-7/h3,5H,4H2,1-2H3,(H2,9,10,11). The topological polar surface area (TPSA) is 81.3 Å². The van der Waals surface area contributed by atoms with Crippen LogP contribution in [-0.4, -0.2) is 36.6 Å². The summed E-state index contributed by atoms with van der Waals surface area (Å²) in [4.78, 5) is 20.3. The number of aromatic nitrogens is 2. The van der Waals surface area contributed by atoms with Crippen LogP contribution in [0.25, 0.3) is 0 Å². The first kappa shape index (κ1) is 10.2. The summed E-state index contributed by atoms with van der Waals surface area (Å²) >= 11 is 0. The van der Waals surface area contributed by atoms with Gasteiger partial charge in [0.1, 0.15) is 24.5 Å². The van der Waals surface area contributed by atoms with Gasteiger partial charge in [-0.3, -0.25) is 4.79 Å². The zero-order chi connectivity index (χ0) is 10.6. The minimum Gasteiger partial charge on any atom is -0.468 e. The van der Waals surface area contributed by atoms with Crippen molar-refractivity contribution in [3.05, 3.63) is 12.4 Å². The molecule has 0 saturated carbocycles. The average molecular weight is 196 g/mol. The summed E-state index contributed by atoms with van der Waals surface area (Å²) in [6.45, 7) is 0.132. The van der Waals surface area contributed by atoms with E-state index in [1.54, 1.807) is 18.0 Å². The quantitative estimate of drug-likeness (QED) is 0.666. The van der Waals surface area contributed by atoms with Gasteiger partial charge in [-0.1, -0.05) is 0 Å². The van der Waals surface area contributed by atoms with Gasteiger partial charge < -0.3 is 15.4 Å². The van der Waals surface area contributed by atoms with E-state index in [4.69, 9.17) is 5.73 Å². The molecule has 0 radical (unpaired) electrons. The molecule has 0 saturated heterocycles. The van der Waals surface area contributed by atoms with Gasteiger partial charge in [-0.2, -0.15) is 0 Å². The highest BCUT2D eigenvalue weighted by Crippen LogP contribution is 2.09. The second kappa shape index (κ2) is 4.40. The largest absolute Gasteiger partial charge is 0.468 e. The highest BCUT2D eigenvalue weighted by atomic mass is 16.5. The van der Waals surface area contributed by atoms with Crippen molar-refractivity contribution in [1.82, 2.24) is 9.97 Å². The third-order valence-electron chi connectivity index (χ3n) is 1.66. The summed E-state index contributed by atoms with van der Waals surface area (Å²) in [6, 6.07) is 1.59. The summed E-state index contributed by atoms with van der Waals surface area (Å²) in [6.07, 6.45) is 1.35. The highest BCUT2D eigenvalue weighted by molar-refractivity contribution is 5.75. The number of methoxy groups -OCH3 is 1. The number of ether oxygens (including phenoxy) is 1. The molecule has 6 heteroatoms. The van der Waals surface area contributed by atoms with Crippen LogP contribution in [0.5, 0.6) is 0 Å². The van der Waals surface area contributed by atoms with Crippen molar-refractivity contribution in [1.29, 1.82) is 0 Å². The second-order valence-corrected chi connectivity index (χ2v) is 2.73. The molecule has 0 aliphatic rings. The van der Waals surface area contributed by atoms with Crippen LogP contribution >= 0.6 is 0 Å². The summed E-state index contributed by atoms with van der Waals surface area (Å²) in [5.41, 5.74) is 5.47. The van der Waals surface area contributed by atoms with Gasteiger partial charge in [-0.05, 0) is 0 Å². The highest BCUT2D eigenvalue weighted by Gasteiger charge is 2.08. The van der Waals surface area contributed by atoms with Crippen molar-refractivity contribution in [2.75, 3.05) is 31.3 Å². The minimum atomic E-state index is -0.329. The third kappa shape index (κ3) is 2.58. The zero-order valence-electron chi connectivity index (χ0n) is 8.10. The monoisotopic (exact) mass is 196 g/mol. The van der Waals surface area contributed by atoms with Gasteiger partial charge in [-0.15, -0.1) is 0 Å². The maximum atomic E-state index is 10.9. The van der Waals surface area contributed by atoms with E-state index in [-0.39, 0.29) is 12.5 Å². The molecule has 2 N–H and O–H groups in total. The molecular weight excluding hydrogens is 184 g/mol. The zero-order valence-corrected chi connectivity index (χ0v) is 8.10. The number of carbonyl (C=O) groups excluding carboxylic acids is 1. The molecular formula is C8H12N4O2. The molecule has 0 aromatic carbocycles. The number of rotatable bonds is 3. The molecule has 76 valence electrons. The molecule has 0 atom stereocenters. The lowest BCUT2D eigenvalue weighted by atomic mass is 10.4. The van der Waals surface area contributed by atoms with E-state index in [0.29, 0.717) is 11.6 Å². The van der Waals surface area contributed by atoms with Crippen molar-refractivity contribution in [2.45, 2.75) is 0 Å². The lowest BCUT2D eigenvalue weighted by molar-refractivity contribution is -0.138. The molecule has 0 unspecified atom stereocenters. The normalized spacial score (nSPS) is 9.57. The Morgan fingerprint density at radius 3 is 2.93 bits per heavy atom. The number of likely N-dealkylation sites (N-methyl/N-ethyl adjacent to an activating group) is 1. The fraction of sp³-hybridized carbons (Fsp3) is 0.375. The van der Waals surface area contributed by atoms with Crippen LogP contribution < -0.4 is 10.6 Å². The van der Waals surface area contributed by atoms with Gasteiger partial charge in [0.25, 0.3) is 0 Å². The van der Waals surface area contributed by atoms with E-state index in [1.807, 2.05) is 0 Å². The number of esters is 1. The Labute approximate surface area is 81.7 Å². The third-order valence-corrected chi connectivity index (χ3v) is 1.66. The second-order valence-electron chi connectivity index (χ2n) is 2.73. The Morgan fingerprint density at radius 1 is 1.64 bits per heavy atom. The summed E-state index contributed by atoms with van der Waals surface area (Å²) in [5, 5.41) is 0. The molecule has 1 heterocycles. The van der Waals surface area contributed by atoms with Crippen molar-refractivity contribution in [3.8, 4) is 0 Å². The average Bonchev–Trinajstić information content (AvgIpc) is 2.17. The number of nitrogen functional groups attached to an aromatic ring is 1. The van der Waals surface area contributed by atoms with Crippen LogP contribution in [0.3, 0.4) is 0 Å². The van der Waals surface area contributed by atoms with Crippen LogP contribution in [0.4, 0.5) is 11.6 Å². The maximum absolute atomic E-state index is 10.9. The minimum absolute atomic E-state index is 0.132. The molecule has 0 fully saturated rings. The Morgan fingerprint density at radius 2 is 2.36 bits per heavy atom. The van der Waals surface area contributed by atoms with E-state index in [0.717, 1.165) is 0 Å². The summed E-state index contributed by atoms with van der Waals surface area (Å²) in [5.74, 6) is 0.624. The molecule has 1 aromatic heterocycles. The number of anilines is 2. The van der Waals surface area contributed by atoms with E-state index in [2.05, 4.69) is 14.7 Å². The fourth-order valence-corrected chi connectivity index (χ4v) is 0.909. The number of nitrogens with two attached hydrogens (primary N) is 1. The Kier molecular flexibility index (Phi) is 3.22. The first-order valence-electron chi connectivity index (χ1n) is 3.99. The van der Waals surface area contributed by atoms with Gasteiger partial charge in [0, 0.05) is 13.1 Å². The fourth-order valence-electron chi connectivity index (χ4n) is 0.909. The Hall–Kier alpha value is -1.85. The van der Waals surface area contributed by atoms with Gasteiger partial charge in [-0.25, -0.2) is 9.97 Å². The predicted octanol–water partition coefficient (Wildman–Crippen LogP) is -0.332. The molecule has 1 aromatic rings. The van der Waals surface area contributed by atoms with E-state index < -0.39 is 0 Å². The van der Waals surface area contributed by atoms with Crippen molar-refractivity contribution in [3.63, 3.8) is 0 Å². The van der Waals surface area contributed by atoms with Gasteiger partial charge in [0.15, 0.2) is 0 Å². The number of hydrogen-bond donors (Lipinski definition) is 1. The number of carbonyl (C=O) groups is 1.